The molecule has 1 aliphatic carbocycles. The molecule has 1 saturated carbocycles. The fraction of sp³-hybridized carbons (Fsp3) is 0.217. The molecule has 1 aliphatic heterocycles. The van der Waals surface area contributed by atoms with Crippen LogP contribution in [0.3, 0.4) is 0 Å². The number of pyridine rings is 1. The number of hydrogen-bond donors (Lipinski definition) is 0. The van der Waals surface area contributed by atoms with Crippen LogP contribution in [0.2, 0.25) is 0 Å². The summed E-state index contributed by atoms with van der Waals surface area (Å²) in [7, 11) is 0. The van der Waals surface area contributed by atoms with E-state index in [1.165, 1.54) is 6.07 Å². The smallest absolute Gasteiger partial charge is 0.410 e. The first-order chi connectivity index (χ1) is 15.2. The zero-order valence-corrected chi connectivity index (χ0v) is 16.5. The van der Waals surface area contributed by atoms with Crippen molar-refractivity contribution in [3.63, 3.8) is 0 Å². The Morgan fingerprint density at radius 1 is 1.06 bits per heavy atom. The highest BCUT2D eigenvalue weighted by Crippen LogP contribution is 2.52. The molecule has 0 spiro atoms. The molecule has 5 rings (SSSR count). The maximum atomic E-state index is 14.6. The molecule has 9 heteroatoms. The van der Waals surface area contributed by atoms with Gasteiger partial charge in [0.2, 0.25) is 0 Å². The van der Waals surface area contributed by atoms with E-state index in [9.17, 15) is 22.4 Å². The molecule has 0 atom stereocenters. The molecule has 1 aromatic heterocycles. The fourth-order valence-corrected chi connectivity index (χ4v) is 4.03. The first kappa shape index (κ1) is 20.3. The van der Waals surface area contributed by atoms with Crippen molar-refractivity contribution in [1.29, 1.82) is 0 Å². The molecule has 3 aromatic rings. The van der Waals surface area contributed by atoms with Gasteiger partial charge in [-0.25, -0.2) is 9.18 Å². The van der Waals surface area contributed by atoms with Gasteiger partial charge < -0.3 is 9.47 Å². The molecular formula is C23H16F4N2O3. The van der Waals surface area contributed by atoms with Gasteiger partial charge in [-0.05, 0) is 54.8 Å². The van der Waals surface area contributed by atoms with Crippen molar-refractivity contribution < 1.29 is 31.8 Å². The van der Waals surface area contributed by atoms with Gasteiger partial charge in [0.05, 0.1) is 17.8 Å². The summed E-state index contributed by atoms with van der Waals surface area (Å²) in [4.78, 5) is 18.7. The first-order valence-corrected chi connectivity index (χ1v) is 9.85. The lowest BCUT2D eigenvalue weighted by atomic mass is 10.00. The molecule has 0 saturated heterocycles. The van der Waals surface area contributed by atoms with E-state index < -0.39 is 29.6 Å². The number of alkyl halides is 3. The van der Waals surface area contributed by atoms with E-state index in [0.29, 0.717) is 22.9 Å². The predicted molar refractivity (Wildman–Crippen MR) is 105 cm³/mol. The lowest BCUT2D eigenvalue weighted by Gasteiger charge is -2.35. The number of nitrogens with zero attached hydrogens (tertiary/aromatic N) is 2. The van der Waals surface area contributed by atoms with Crippen molar-refractivity contribution in [3.8, 4) is 22.6 Å². The molecule has 5 nitrogen and oxygen atoms in total. The molecule has 1 amide bonds. The number of rotatable bonds is 4. The van der Waals surface area contributed by atoms with E-state index in [1.807, 2.05) is 12.1 Å². The molecule has 2 aromatic carbocycles. The molecule has 2 aliphatic rings. The average Bonchev–Trinajstić information content (AvgIpc) is 3.54. The van der Waals surface area contributed by atoms with Crippen LogP contribution in [-0.4, -0.2) is 22.3 Å². The summed E-state index contributed by atoms with van der Waals surface area (Å²) in [6, 6.07) is 13.3. The third-order valence-corrected chi connectivity index (χ3v) is 5.67. The molecule has 0 radical (unpaired) electrons. The minimum absolute atomic E-state index is 0.108. The molecule has 2 heterocycles. The Kier molecular flexibility index (Phi) is 4.58. The fourth-order valence-electron chi connectivity index (χ4n) is 4.03. The van der Waals surface area contributed by atoms with E-state index in [2.05, 4.69) is 9.72 Å². The Hall–Kier alpha value is -3.62. The number of carbonyl (C=O) groups excluding carboxylic acids is 1. The van der Waals surface area contributed by atoms with Gasteiger partial charge >= 0.3 is 12.5 Å². The molecule has 0 unspecified atom stereocenters. The van der Waals surface area contributed by atoms with Gasteiger partial charge in [0, 0.05) is 23.4 Å². The topological polar surface area (TPSA) is 51.7 Å². The maximum Gasteiger partial charge on any atom is 0.573 e. The van der Waals surface area contributed by atoms with Gasteiger partial charge in [0.15, 0.2) is 0 Å². The molecule has 164 valence electrons. The number of ether oxygens (including phenoxy) is 2. The largest absolute Gasteiger partial charge is 0.573 e. The van der Waals surface area contributed by atoms with Crippen molar-refractivity contribution in [3.05, 3.63) is 77.9 Å². The molecule has 0 N–H and O–H groups in total. The number of benzene rings is 2. The minimum atomic E-state index is -4.90. The first-order valence-electron chi connectivity index (χ1n) is 9.85. The second kappa shape index (κ2) is 7.22. The number of halogens is 4. The second-order valence-corrected chi connectivity index (χ2v) is 7.71. The molecular weight excluding hydrogens is 428 g/mol. The van der Waals surface area contributed by atoms with E-state index in [-0.39, 0.29) is 12.1 Å². The van der Waals surface area contributed by atoms with Gasteiger partial charge in [-0.1, -0.05) is 12.1 Å². The Bertz CT molecular complexity index is 1190. The Balaban J connectivity index is 1.45. The number of carbonyl (C=O) groups is 1. The minimum Gasteiger partial charge on any atom is -0.410 e. The SMILES string of the molecule is O=C1Oc2ccc(-c3ccc(OC(F)(F)F)cc3F)cc2CN1C1(c2ccccn2)CC1. The summed E-state index contributed by atoms with van der Waals surface area (Å²) >= 11 is 0. The number of amides is 1. The summed E-state index contributed by atoms with van der Waals surface area (Å²) in [6.45, 7) is 0.246. The standard InChI is InChI=1S/C23H16F4N2O3/c24-18-12-16(32-23(25,26)27)5-6-17(18)14-4-7-19-15(11-14)13-29(21(30)31-19)22(8-9-22)20-3-1-2-10-28-20/h1-7,10-12H,8-9,13H2. The van der Waals surface area contributed by atoms with Gasteiger partial charge in [-0.3, -0.25) is 9.88 Å². The van der Waals surface area contributed by atoms with Crippen LogP contribution in [-0.2, 0) is 12.1 Å². The number of fused-ring (bicyclic) bond motifs is 1. The summed E-state index contributed by atoms with van der Waals surface area (Å²) in [6.07, 6.45) is -2.20. The van der Waals surface area contributed by atoms with E-state index in [0.717, 1.165) is 24.6 Å². The zero-order chi connectivity index (χ0) is 22.5. The van der Waals surface area contributed by atoms with Gasteiger partial charge in [-0.2, -0.15) is 0 Å². The lowest BCUT2D eigenvalue weighted by molar-refractivity contribution is -0.274. The summed E-state index contributed by atoms with van der Waals surface area (Å²) in [5.41, 5.74) is 1.47. The number of aromatic nitrogens is 1. The zero-order valence-electron chi connectivity index (χ0n) is 16.5. The van der Waals surface area contributed by atoms with Crippen LogP contribution < -0.4 is 9.47 Å². The van der Waals surface area contributed by atoms with Crippen molar-refractivity contribution >= 4 is 6.09 Å². The van der Waals surface area contributed by atoms with E-state index in [4.69, 9.17) is 4.74 Å². The summed E-state index contributed by atoms with van der Waals surface area (Å²) < 4.78 is 61.0. The van der Waals surface area contributed by atoms with E-state index in [1.54, 1.807) is 35.4 Å². The van der Waals surface area contributed by atoms with Gasteiger partial charge in [-0.15, -0.1) is 13.2 Å². The summed E-state index contributed by atoms with van der Waals surface area (Å²) in [5.74, 6) is -1.13. The van der Waals surface area contributed by atoms with Crippen molar-refractivity contribution in [2.24, 2.45) is 0 Å². The van der Waals surface area contributed by atoms with Crippen LogP contribution in [0.15, 0.2) is 60.8 Å². The van der Waals surface area contributed by atoms with Gasteiger partial charge in [0.1, 0.15) is 17.3 Å². The van der Waals surface area contributed by atoms with Crippen LogP contribution in [0.4, 0.5) is 22.4 Å². The third-order valence-electron chi connectivity index (χ3n) is 5.67. The van der Waals surface area contributed by atoms with Crippen molar-refractivity contribution in [2.75, 3.05) is 0 Å². The normalized spacial score (nSPS) is 16.9. The highest BCUT2D eigenvalue weighted by Gasteiger charge is 2.54. The van der Waals surface area contributed by atoms with Crippen molar-refractivity contribution in [1.82, 2.24) is 9.88 Å². The van der Waals surface area contributed by atoms with Crippen LogP contribution >= 0.6 is 0 Å². The lowest BCUT2D eigenvalue weighted by Crippen LogP contribution is -2.44. The maximum absolute atomic E-state index is 14.6. The quantitative estimate of drug-likeness (QED) is 0.478. The Morgan fingerprint density at radius 3 is 2.53 bits per heavy atom. The van der Waals surface area contributed by atoms with Gasteiger partial charge in [0.25, 0.3) is 0 Å². The van der Waals surface area contributed by atoms with Crippen LogP contribution in [0.25, 0.3) is 11.1 Å². The molecule has 0 bridgehead atoms. The molecule has 32 heavy (non-hydrogen) atoms. The highest BCUT2D eigenvalue weighted by molar-refractivity contribution is 5.77. The monoisotopic (exact) mass is 444 g/mol. The average molecular weight is 444 g/mol. The Labute approximate surface area is 180 Å². The predicted octanol–water partition coefficient (Wildman–Crippen LogP) is 5.79. The summed E-state index contributed by atoms with van der Waals surface area (Å²) in [5, 5.41) is 0. The Morgan fingerprint density at radius 2 is 1.88 bits per heavy atom. The van der Waals surface area contributed by atoms with Crippen LogP contribution in [0.5, 0.6) is 11.5 Å². The molecule has 1 fully saturated rings. The van der Waals surface area contributed by atoms with Crippen LogP contribution in [0.1, 0.15) is 24.1 Å². The number of hydrogen-bond acceptors (Lipinski definition) is 4. The van der Waals surface area contributed by atoms with E-state index >= 15 is 0 Å². The van der Waals surface area contributed by atoms with Crippen LogP contribution in [0, 0.1) is 5.82 Å². The highest BCUT2D eigenvalue weighted by atomic mass is 19.4. The van der Waals surface area contributed by atoms with Crippen molar-refractivity contribution in [2.45, 2.75) is 31.3 Å². The third kappa shape index (κ3) is 3.63. The second-order valence-electron chi connectivity index (χ2n) is 7.71.